The van der Waals surface area contributed by atoms with Gasteiger partial charge in [0.15, 0.2) is 0 Å². The molecule has 1 aliphatic heterocycles. The minimum Gasteiger partial charge on any atom is -0.349 e. The molecule has 0 bridgehead atoms. The first-order valence-corrected chi connectivity index (χ1v) is 10.1. The summed E-state index contributed by atoms with van der Waals surface area (Å²) in [5, 5.41) is 3.05. The Morgan fingerprint density at radius 2 is 1.50 bits per heavy atom. The molecule has 1 aromatic carbocycles. The van der Waals surface area contributed by atoms with E-state index in [0.29, 0.717) is 30.5 Å². The maximum Gasteiger partial charge on any atom is 0.251 e. The van der Waals surface area contributed by atoms with E-state index in [-0.39, 0.29) is 16.8 Å². The van der Waals surface area contributed by atoms with E-state index in [1.165, 1.54) is 16.4 Å². The zero-order valence-electron chi connectivity index (χ0n) is 15.0. The molecule has 0 radical (unpaired) electrons. The van der Waals surface area contributed by atoms with Crippen LogP contribution in [0.5, 0.6) is 0 Å². The van der Waals surface area contributed by atoms with Crippen LogP contribution in [0.1, 0.15) is 50.9 Å². The van der Waals surface area contributed by atoms with Gasteiger partial charge in [0.25, 0.3) is 5.91 Å². The van der Waals surface area contributed by atoms with Crippen LogP contribution in [0, 0.1) is 11.8 Å². The molecule has 0 saturated carbocycles. The molecule has 1 aromatic rings. The summed E-state index contributed by atoms with van der Waals surface area (Å²) in [7, 11) is -3.43. The quantitative estimate of drug-likeness (QED) is 0.856. The third-order valence-electron chi connectivity index (χ3n) is 4.55. The van der Waals surface area contributed by atoms with E-state index in [1.807, 2.05) is 0 Å². The fourth-order valence-electron chi connectivity index (χ4n) is 3.19. The van der Waals surface area contributed by atoms with Crippen molar-refractivity contribution < 1.29 is 13.2 Å². The fraction of sp³-hybridized carbons (Fsp3) is 0.611. The second-order valence-corrected chi connectivity index (χ2v) is 9.06. The number of amides is 1. The fourth-order valence-corrected chi connectivity index (χ4v) is 4.71. The molecule has 6 heteroatoms. The Kier molecular flexibility index (Phi) is 6.04. The molecule has 1 fully saturated rings. The van der Waals surface area contributed by atoms with Crippen LogP contribution in [0.25, 0.3) is 0 Å². The Bertz CT molecular complexity index is 652. The summed E-state index contributed by atoms with van der Waals surface area (Å²) in [5.41, 5.74) is 0.488. The lowest BCUT2D eigenvalue weighted by Crippen LogP contribution is -2.42. The van der Waals surface area contributed by atoms with E-state index in [9.17, 15) is 13.2 Å². The highest BCUT2D eigenvalue weighted by atomic mass is 32.2. The van der Waals surface area contributed by atoms with Crippen LogP contribution in [-0.4, -0.2) is 37.8 Å². The molecule has 0 spiro atoms. The van der Waals surface area contributed by atoms with Crippen molar-refractivity contribution in [3.05, 3.63) is 29.8 Å². The third kappa shape index (κ3) is 4.16. The molecule has 5 nitrogen and oxygen atoms in total. The van der Waals surface area contributed by atoms with Crippen molar-refractivity contribution in [2.24, 2.45) is 11.8 Å². The van der Waals surface area contributed by atoms with E-state index in [1.54, 1.807) is 12.1 Å². The van der Waals surface area contributed by atoms with Crippen molar-refractivity contribution in [1.82, 2.24) is 9.62 Å². The van der Waals surface area contributed by atoms with Gasteiger partial charge in [-0.25, -0.2) is 8.42 Å². The summed E-state index contributed by atoms with van der Waals surface area (Å²) in [5.74, 6) is 0.514. The minimum absolute atomic E-state index is 0.0884. The highest BCUT2D eigenvalue weighted by Crippen LogP contribution is 2.21. The maximum absolute atomic E-state index is 12.5. The standard InChI is InChI=1S/C18H28N2O3S/c1-13(2)17(14(3)4)19-18(21)15-7-9-16(10-8-15)24(22,23)20-11-5-6-12-20/h7-10,13-14,17H,5-6,11-12H2,1-4H3,(H,19,21). The Balaban J connectivity index is 2.12. The van der Waals surface area contributed by atoms with Crippen molar-refractivity contribution in [3.63, 3.8) is 0 Å². The number of hydrogen-bond donors (Lipinski definition) is 1. The number of nitrogens with zero attached hydrogens (tertiary/aromatic N) is 1. The number of benzene rings is 1. The van der Waals surface area contributed by atoms with Gasteiger partial charge in [0.1, 0.15) is 0 Å². The lowest BCUT2D eigenvalue weighted by atomic mass is 9.93. The summed E-state index contributed by atoms with van der Waals surface area (Å²) in [4.78, 5) is 12.7. The molecule has 1 saturated heterocycles. The summed E-state index contributed by atoms with van der Waals surface area (Å²) < 4.78 is 26.5. The van der Waals surface area contributed by atoms with Crippen molar-refractivity contribution in [2.75, 3.05) is 13.1 Å². The van der Waals surface area contributed by atoms with Crippen molar-refractivity contribution >= 4 is 15.9 Å². The van der Waals surface area contributed by atoms with E-state index in [0.717, 1.165) is 12.8 Å². The van der Waals surface area contributed by atoms with Crippen LogP contribution in [-0.2, 0) is 10.0 Å². The molecule has 134 valence electrons. The first kappa shape index (κ1) is 18.9. The van der Waals surface area contributed by atoms with Crippen LogP contribution < -0.4 is 5.32 Å². The predicted molar refractivity (Wildman–Crippen MR) is 95.4 cm³/mol. The van der Waals surface area contributed by atoms with Gasteiger partial charge in [-0.1, -0.05) is 27.7 Å². The second-order valence-electron chi connectivity index (χ2n) is 7.12. The second kappa shape index (κ2) is 7.66. The highest BCUT2D eigenvalue weighted by Gasteiger charge is 2.27. The van der Waals surface area contributed by atoms with Gasteiger partial charge in [0, 0.05) is 24.7 Å². The monoisotopic (exact) mass is 352 g/mol. The zero-order chi connectivity index (χ0) is 17.9. The largest absolute Gasteiger partial charge is 0.349 e. The minimum atomic E-state index is -3.43. The van der Waals surface area contributed by atoms with Gasteiger partial charge >= 0.3 is 0 Å². The summed E-state index contributed by atoms with van der Waals surface area (Å²) in [6, 6.07) is 6.34. The van der Waals surface area contributed by atoms with E-state index in [4.69, 9.17) is 0 Å². The molecule has 0 aliphatic carbocycles. The van der Waals surface area contributed by atoms with Gasteiger partial charge in [-0.3, -0.25) is 4.79 Å². The number of rotatable bonds is 6. The lowest BCUT2D eigenvalue weighted by molar-refractivity contribution is 0.0910. The zero-order valence-corrected chi connectivity index (χ0v) is 15.8. The van der Waals surface area contributed by atoms with Crippen molar-refractivity contribution in [3.8, 4) is 0 Å². The first-order chi connectivity index (χ1) is 11.2. The van der Waals surface area contributed by atoms with Gasteiger partial charge in [-0.2, -0.15) is 4.31 Å². The summed E-state index contributed by atoms with van der Waals surface area (Å²) in [6.45, 7) is 9.48. The van der Waals surface area contributed by atoms with Crippen LogP contribution in [0.4, 0.5) is 0 Å². The van der Waals surface area contributed by atoms with Crippen molar-refractivity contribution in [2.45, 2.75) is 51.5 Å². The molecular formula is C18H28N2O3S. The molecule has 0 atom stereocenters. The SMILES string of the molecule is CC(C)C(NC(=O)c1ccc(S(=O)(=O)N2CCCC2)cc1)C(C)C. The Morgan fingerprint density at radius 1 is 1.00 bits per heavy atom. The number of carbonyl (C=O) groups is 1. The average Bonchev–Trinajstić information content (AvgIpc) is 3.07. The lowest BCUT2D eigenvalue weighted by Gasteiger charge is -2.26. The normalized spacial score (nSPS) is 16.3. The molecule has 2 rings (SSSR count). The summed E-state index contributed by atoms with van der Waals surface area (Å²) in [6.07, 6.45) is 1.82. The third-order valence-corrected chi connectivity index (χ3v) is 6.47. The Morgan fingerprint density at radius 3 is 1.96 bits per heavy atom. The van der Waals surface area contributed by atoms with E-state index < -0.39 is 10.0 Å². The van der Waals surface area contributed by atoms with E-state index >= 15 is 0 Å². The van der Waals surface area contributed by atoms with Crippen LogP contribution in [0.2, 0.25) is 0 Å². The van der Waals surface area contributed by atoms with Gasteiger partial charge < -0.3 is 5.32 Å². The van der Waals surface area contributed by atoms with Crippen LogP contribution in [0.3, 0.4) is 0 Å². The average molecular weight is 353 g/mol. The number of sulfonamides is 1. The number of carbonyl (C=O) groups excluding carboxylic acids is 1. The van der Waals surface area contributed by atoms with E-state index in [2.05, 4.69) is 33.0 Å². The maximum atomic E-state index is 12.5. The van der Waals surface area contributed by atoms with Gasteiger partial charge in [0.2, 0.25) is 10.0 Å². The number of hydrogen-bond acceptors (Lipinski definition) is 3. The molecule has 1 aliphatic rings. The molecule has 1 heterocycles. The Hall–Kier alpha value is -1.40. The number of nitrogens with one attached hydrogen (secondary N) is 1. The van der Waals surface area contributed by atoms with Crippen LogP contribution in [0.15, 0.2) is 29.2 Å². The smallest absolute Gasteiger partial charge is 0.251 e. The predicted octanol–water partition coefficient (Wildman–Crippen LogP) is 2.88. The topological polar surface area (TPSA) is 66.5 Å². The Labute approximate surface area is 145 Å². The molecule has 1 amide bonds. The summed E-state index contributed by atoms with van der Waals surface area (Å²) >= 11 is 0. The van der Waals surface area contributed by atoms with Crippen molar-refractivity contribution in [1.29, 1.82) is 0 Å². The van der Waals surface area contributed by atoms with Gasteiger partial charge in [-0.05, 0) is 48.9 Å². The molecule has 0 aromatic heterocycles. The highest BCUT2D eigenvalue weighted by molar-refractivity contribution is 7.89. The molecule has 1 N–H and O–H groups in total. The molecular weight excluding hydrogens is 324 g/mol. The molecule has 0 unspecified atom stereocenters. The van der Waals surface area contributed by atoms with Gasteiger partial charge in [0.05, 0.1) is 4.90 Å². The molecule has 24 heavy (non-hydrogen) atoms. The van der Waals surface area contributed by atoms with Gasteiger partial charge in [-0.15, -0.1) is 0 Å². The van der Waals surface area contributed by atoms with Crippen LogP contribution >= 0.6 is 0 Å². The first-order valence-electron chi connectivity index (χ1n) is 8.64.